The SMILES string of the molecule is CCC(C)NCC(=O)N1CC(C(=O)O)C1. The first-order valence-electron chi connectivity index (χ1n) is 5.28. The minimum Gasteiger partial charge on any atom is -0.481 e. The zero-order valence-corrected chi connectivity index (χ0v) is 9.19. The van der Waals surface area contributed by atoms with Gasteiger partial charge in [-0.25, -0.2) is 0 Å². The zero-order valence-electron chi connectivity index (χ0n) is 9.19. The van der Waals surface area contributed by atoms with Gasteiger partial charge in [-0.15, -0.1) is 0 Å². The third kappa shape index (κ3) is 3.20. The van der Waals surface area contributed by atoms with Gasteiger partial charge in [0.25, 0.3) is 0 Å². The van der Waals surface area contributed by atoms with Gasteiger partial charge in [0.15, 0.2) is 0 Å². The van der Waals surface area contributed by atoms with Crippen LogP contribution in [0.4, 0.5) is 0 Å². The summed E-state index contributed by atoms with van der Waals surface area (Å²) in [4.78, 5) is 23.6. The largest absolute Gasteiger partial charge is 0.481 e. The third-order valence-electron chi connectivity index (χ3n) is 2.80. The van der Waals surface area contributed by atoms with Crippen molar-refractivity contribution in [3.05, 3.63) is 0 Å². The second kappa shape index (κ2) is 5.11. The van der Waals surface area contributed by atoms with Crippen LogP contribution < -0.4 is 5.32 Å². The molecule has 15 heavy (non-hydrogen) atoms. The molecule has 0 aromatic rings. The Morgan fingerprint density at radius 2 is 2.13 bits per heavy atom. The summed E-state index contributed by atoms with van der Waals surface area (Å²) < 4.78 is 0. The van der Waals surface area contributed by atoms with Crippen molar-refractivity contribution < 1.29 is 14.7 Å². The number of amides is 1. The molecule has 86 valence electrons. The number of nitrogens with zero attached hydrogens (tertiary/aromatic N) is 1. The van der Waals surface area contributed by atoms with Crippen LogP contribution in [0.3, 0.4) is 0 Å². The van der Waals surface area contributed by atoms with Gasteiger partial charge in [-0.2, -0.15) is 0 Å². The maximum Gasteiger partial charge on any atom is 0.310 e. The van der Waals surface area contributed by atoms with Gasteiger partial charge in [0.2, 0.25) is 5.91 Å². The topological polar surface area (TPSA) is 69.6 Å². The van der Waals surface area contributed by atoms with Crippen molar-refractivity contribution in [1.82, 2.24) is 10.2 Å². The maximum absolute atomic E-state index is 11.5. The Bertz CT molecular complexity index is 249. The molecule has 1 heterocycles. The van der Waals surface area contributed by atoms with Crippen molar-refractivity contribution in [2.75, 3.05) is 19.6 Å². The van der Waals surface area contributed by atoms with Gasteiger partial charge in [0.1, 0.15) is 0 Å². The van der Waals surface area contributed by atoms with Crippen LogP contribution in [0.25, 0.3) is 0 Å². The van der Waals surface area contributed by atoms with E-state index in [2.05, 4.69) is 5.32 Å². The number of likely N-dealkylation sites (tertiary alicyclic amines) is 1. The molecule has 1 aliphatic heterocycles. The first-order valence-corrected chi connectivity index (χ1v) is 5.28. The van der Waals surface area contributed by atoms with Crippen LogP contribution in [0.2, 0.25) is 0 Å². The number of carboxylic acids is 1. The average Bonchev–Trinajstić information content (AvgIpc) is 2.11. The highest BCUT2D eigenvalue weighted by Gasteiger charge is 2.35. The van der Waals surface area contributed by atoms with Gasteiger partial charge in [-0.3, -0.25) is 9.59 Å². The van der Waals surface area contributed by atoms with Crippen molar-refractivity contribution in [2.24, 2.45) is 5.92 Å². The number of carbonyl (C=O) groups excluding carboxylic acids is 1. The van der Waals surface area contributed by atoms with E-state index < -0.39 is 5.97 Å². The normalized spacial score (nSPS) is 18.4. The fourth-order valence-electron chi connectivity index (χ4n) is 1.36. The molecule has 5 heteroatoms. The summed E-state index contributed by atoms with van der Waals surface area (Å²) in [6.07, 6.45) is 0.977. The van der Waals surface area contributed by atoms with Crippen LogP contribution in [-0.4, -0.2) is 47.6 Å². The predicted molar refractivity (Wildman–Crippen MR) is 55.5 cm³/mol. The van der Waals surface area contributed by atoms with Gasteiger partial charge < -0.3 is 15.3 Å². The van der Waals surface area contributed by atoms with Crippen molar-refractivity contribution in [1.29, 1.82) is 0 Å². The lowest BCUT2D eigenvalue weighted by Gasteiger charge is -2.36. The Hall–Kier alpha value is -1.10. The quantitative estimate of drug-likeness (QED) is 0.671. The molecule has 0 bridgehead atoms. The van der Waals surface area contributed by atoms with Gasteiger partial charge in [0, 0.05) is 19.1 Å². The average molecular weight is 214 g/mol. The highest BCUT2D eigenvalue weighted by molar-refractivity contribution is 5.82. The molecular weight excluding hydrogens is 196 g/mol. The lowest BCUT2D eigenvalue weighted by Crippen LogP contribution is -2.55. The minimum atomic E-state index is -0.811. The molecule has 1 amide bonds. The van der Waals surface area contributed by atoms with Crippen LogP contribution in [0.15, 0.2) is 0 Å². The molecule has 1 aliphatic rings. The molecule has 0 aromatic heterocycles. The van der Waals surface area contributed by atoms with Crippen LogP contribution >= 0.6 is 0 Å². The first kappa shape index (κ1) is 12.0. The zero-order chi connectivity index (χ0) is 11.4. The van der Waals surface area contributed by atoms with Crippen molar-refractivity contribution in [3.63, 3.8) is 0 Å². The smallest absolute Gasteiger partial charge is 0.310 e. The Morgan fingerprint density at radius 3 is 2.60 bits per heavy atom. The van der Waals surface area contributed by atoms with Gasteiger partial charge in [0.05, 0.1) is 12.5 Å². The van der Waals surface area contributed by atoms with E-state index in [4.69, 9.17) is 5.11 Å². The second-order valence-electron chi connectivity index (χ2n) is 4.02. The van der Waals surface area contributed by atoms with Crippen molar-refractivity contribution in [2.45, 2.75) is 26.3 Å². The Morgan fingerprint density at radius 1 is 1.53 bits per heavy atom. The minimum absolute atomic E-state index is 0.00667. The monoisotopic (exact) mass is 214 g/mol. The summed E-state index contributed by atoms with van der Waals surface area (Å²) in [7, 11) is 0. The summed E-state index contributed by atoms with van der Waals surface area (Å²) in [5.74, 6) is -1.18. The summed E-state index contributed by atoms with van der Waals surface area (Å²) in [5.41, 5.74) is 0. The van der Waals surface area contributed by atoms with Gasteiger partial charge in [-0.05, 0) is 13.3 Å². The summed E-state index contributed by atoms with van der Waals surface area (Å²) >= 11 is 0. The number of hydrogen-bond acceptors (Lipinski definition) is 3. The van der Waals surface area contributed by atoms with Crippen LogP contribution in [0.5, 0.6) is 0 Å². The number of carbonyl (C=O) groups is 2. The fraction of sp³-hybridized carbons (Fsp3) is 0.800. The molecule has 1 atom stereocenters. The van der Waals surface area contributed by atoms with Crippen LogP contribution in [-0.2, 0) is 9.59 Å². The molecule has 0 saturated carbocycles. The Labute approximate surface area is 89.4 Å². The number of aliphatic carboxylic acids is 1. The van der Waals surface area contributed by atoms with E-state index in [9.17, 15) is 9.59 Å². The van der Waals surface area contributed by atoms with Crippen LogP contribution in [0, 0.1) is 5.92 Å². The Balaban J connectivity index is 2.18. The lowest BCUT2D eigenvalue weighted by molar-refractivity contribution is -0.152. The molecule has 0 spiro atoms. The van der Waals surface area contributed by atoms with E-state index in [1.807, 2.05) is 13.8 Å². The highest BCUT2D eigenvalue weighted by atomic mass is 16.4. The molecular formula is C10H18N2O3. The number of nitrogens with one attached hydrogen (secondary N) is 1. The molecule has 0 aliphatic carbocycles. The number of hydrogen-bond donors (Lipinski definition) is 2. The molecule has 2 N–H and O–H groups in total. The molecule has 5 nitrogen and oxygen atoms in total. The molecule has 0 aromatic carbocycles. The second-order valence-corrected chi connectivity index (χ2v) is 4.02. The summed E-state index contributed by atoms with van der Waals surface area (Å²) in [6.45, 7) is 5.09. The Kier molecular flexibility index (Phi) is 4.08. The molecule has 1 unspecified atom stereocenters. The third-order valence-corrected chi connectivity index (χ3v) is 2.80. The molecule has 1 rings (SSSR count). The van der Waals surface area contributed by atoms with E-state index in [0.29, 0.717) is 25.7 Å². The standard InChI is InChI=1S/C10H18N2O3/c1-3-7(2)11-4-9(13)12-5-8(6-12)10(14)15/h7-8,11H,3-6H2,1-2H3,(H,14,15). The van der Waals surface area contributed by atoms with E-state index in [0.717, 1.165) is 6.42 Å². The summed E-state index contributed by atoms with van der Waals surface area (Å²) in [6, 6.07) is 0.325. The number of carboxylic acid groups (broad SMARTS) is 1. The lowest BCUT2D eigenvalue weighted by atomic mass is 10.0. The molecule has 0 radical (unpaired) electrons. The van der Waals surface area contributed by atoms with E-state index in [-0.39, 0.29) is 11.8 Å². The van der Waals surface area contributed by atoms with Gasteiger partial charge >= 0.3 is 5.97 Å². The number of rotatable bonds is 5. The van der Waals surface area contributed by atoms with E-state index in [1.165, 1.54) is 0 Å². The van der Waals surface area contributed by atoms with Crippen molar-refractivity contribution in [3.8, 4) is 0 Å². The summed E-state index contributed by atoms with van der Waals surface area (Å²) in [5, 5.41) is 11.7. The van der Waals surface area contributed by atoms with Crippen molar-refractivity contribution >= 4 is 11.9 Å². The van der Waals surface area contributed by atoms with E-state index >= 15 is 0 Å². The molecule has 1 saturated heterocycles. The van der Waals surface area contributed by atoms with E-state index in [1.54, 1.807) is 4.90 Å². The molecule has 1 fully saturated rings. The maximum atomic E-state index is 11.5. The first-order chi connectivity index (χ1) is 7.04. The van der Waals surface area contributed by atoms with Crippen LogP contribution in [0.1, 0.15) is 20.3 Å². The highest BCUT2D eigenvalue weighted by Crippen LogP contribution is 2.15. The van der Waals surface area contributed by atoms with Gasteiger partial charge in [-0.1, -0.05) is 6.92 Å². The predicted octanol–water partition coefficient (Wildman–Crippen LogP) is -0.0825. The fourth-order valence-corrected chi connectivity index (χ4v) is 1.36.